The number of carbonyl (C=O) groups excluding carboxylic acids is 1. The van der Waals surface area contributed by atoms with E-state index in [0.29, 0.717) is 23.0 Å². The first kappa shape index (κ1) is 18.4. The molecule has 2 nitrogen and oxygen atoms in total. The third kappa shape index (κ3) is 4.30. The summed E-state index contributed by atoms with van der Waals surface area (Å²) in [6.07, 6.45) is 9.65. The standard InChI is InChI=1S/C25H23FO2/c26-22-12-10-21(11-13-22)25-17-15-23(28-25)14-16-24(27)20-8-6-19(7-9-20)18-4-2-1-3-5-18/h6-18H,1-5H2. The zero-order chi connectivity index (χ0) is 19.3. The van der Waals surface area contributed by atoms with Gasteiger partial charge in [-0.25, -0.2) is 4.39 Å². The lowest BCUT2D eigenvalue weighted by Gasteiger charge is -2.21. The minimum absolute atomic E-state index is 0.0464. The Morgan fingerprint density at radius 2 is 1.61 bits per heavy atom. The minimum Gasteiger partial charge on any atom is -0.457 e. The van der Waals surface area contributed by atoms with Gasteiger partial charge in [-0.05, 0) is 72.9 Å². The Labute approximate surface area is 164 Å². The molecule has 142 valence electrons. The van der Waals surface area contributed by atoms with Gasteiger partial charge in [0, 0.05) is 11.1 Å². The summed E-state index contributed by atoms with van der Waals surface area (Å²) in [6, 6.07) is 17.8. The second-order valence-electron chi connectivity index (χ2n) is 7.36. The van der Waals surface area contributed by atoms with Crippen molar-refractivity contribution in [3.05, 3.63) is 89.4 Å². The highest BCUT2D eigenvalue weighted by Gasteiger charge is 2.15. The molecule has 0 spiro atoms. The van der Waals surface area contributed by atoms with Gasteiger partial charge in [-0.2, -0.15) is 0 Å². The largest absolute Gasteiger partial charge is 0.457 e. The fraction of sp³-hybridized carbons (Fsp3) is 0.240. The molecule has 0 atom stereocenters. The van der Waals surface area contributed by atoms with Crippen molar-refractivity contribution >= 4 is 11.9 Å². The maximum absolute atomic E-state index is 13.0. The molecule has 3 aromatic rings. The van der Waals surface area contributed by atoms with Gasteiger partial charge in [0.25, 0.3) is 0 Å². The molecular weight excluding hydrogens is 351 g/mol. The minimum atomic E-state index is -0.282. The van der Waals surface area contributed by atoms with Gasteiger partial charge in [0.15, 0.2) is 5.78 Å². The highest BCUT2D eigenvalue weighted by Crippen LogP contribution is 2.32. The Morgan fingerprint density at radius 1 is 0.893 bits per heavy atom. The van der Waals surface area contributed by atoms with E-state index in [1.54, 1.807) is 24.3 Å². The lowest BCUT2D eigenvalue weighted by atomic mass is 9.84. The van der Waals surface area contributed by atoms with E-state index in [9.17, 15) is 9.18 Å². The van der Waals surface area contributed by atoms with Gasteiger partial charge in [-0.3, -0.25) is 4.79 Å². The first-order valence-corrected chi connectivity index (χ1v) is 9.87. The maximum Gasteiger partial charge on any atom is 0.185 e. The molecule has 1 aliphatic carbocycles. The zero-order valence-corrected chi connectivity index (χ0v) is 15.7. The van der Waals surface area contributed by atoms with E-state index in [4.69, 9.17) is 4.42 Å². The molecule has 0 aliphatic heterocycles. The van der Waals surface area contributed by atoms with Crippen LogP contribution in [0.4, 0.5) is 4.39 Å². The van der Waals surface area contributed by atoms with Gasteiger partial charge in [0.2, 0.25) is 0 Å². The van der Waals surface area contributed by atoms with Crippen molar-refractivity contribution in [3.63, 3.8) is 0 Å². The predicted octanol–water partition coefficient (Wildman–Crippen LogP) is 7.03. The predicted molar refractivity (Wildman–Crippen MR) is 110 cm³/mol. The summed E-state index contributed by atoms with van der Waals surface area (Å²) in [4.78, 5) is 12.4. The molecule has 3 heteroatoms. The van der Waals surface area contributed by atoms with Crippen LogP contribution in [0.5, 0.6) is 0 Å². The molecule has 1 fully saturated rings. The van der Waals surface area contributed by atoms with E-state index in [0.717, 1.165) is 5.56 Å². The SMILES string of the molecule is O=C(C=Cc1ccc(-c2ccc(F)cc2)o1)c1ccc(C2CCCCC2)cc1. The van der Waals surface area contributed by atoms with Crippen LogP contribution in [0, 0.1) is 5.82 Å². The number of benzene rings is 2. The molecule has 1 heterocycles. The number of ketones is 1. The Bertz CT molecular complexity index is 959. The summed E-state index contributed by atoms with van der Waals surface area (Å²) in [6.45, 7) is 0. The number of halogens is 1. The third-order valence-corrected chi connectivity index (χ3v) is 5.43. The van der Waals surface area contributed by atoms with Crippen LogP contribution in [-0.4, -0.2) is 5.78 Å². The molecule has 2 aromatic carbocycles. The number of rotatable bonds is 5. The Hall–Kier alpha value is -2.94. The Kier molecular flexibility index (Phi) is 5.52. The zero-order valence-electron chi connectivity index (χ0n) is 15.7. The lowest BCUT2D eigenvalue weighted by molar-refractivity contribution is 0.104. The smallest absolute Gasteiger partial charge is 0.185 e. The number of hydrogen-bond donors (Lipinski definition) is 0. The highest BCUT2D eigenvalue weighted by molar-refractivity contribution is 6.06. The van der Waals surface area contributed by atoms with Gasteiger partial charge in [0.05, 0.1) is 0 Å². The van der Waals surface area contributed by atoms with Crippen LogP contribution in [0.2, 0.25) is 0 Å². The molecule has 28 heavy (non-hydrogen) atoms. The number of furan rings is 1. The average molecular weight is 374 g/mol. The van der Waals surface area contributed by atoms with Gasteiger partial charge in [0.1, 0.15) is 17.3 Å². The van der Waals surface area contributed by atoms with Crippen LogP contribution in [0.25, 0.3) is 17.4 Å². The van der Waals surface area contributed by atoms with Crippen molar-refractivity contribution in [1.29, 1.82) is 0 Å². The number of hydrogen-bond acceptors (Lipinski definition) is 2. The van der Waals surface area contributed by atoms with Crippen LogP contribution in [0.1, 0.15) is 59.7 Å². The molecule has 1 aliphatic rings. The van der Waals surface area contributed by atoms with Crippen molar-refractivity contribution < 1.29 is 13.6 Å². The molecule has 0 unspecified atom stereocenters. The molecule has 4 rings (SSSR count). The van der Waals surface area contributed by atoms with Gasteiger partial charge >= 0.3 is 0 Å². The fourth-order valence-electron chi connectivity index (χ4n) is 3.82. The van der Waals surface area contributed by atoms with Crippen molar-refractivity contribution in [2.75, 3.05) is 0 Å². The van der Waals surface area contributed by atoms with Gasteiger partial charge in [-0.15, -0.1) is 0 Å². The summed E-state index contributed by atoms with van der Waals surface area (Å²) < 4.78 is 18.8. The summed E-state index contributed by atoms with van der Waals surface area (Å²) in [5, 5.41) is 0. The van der Waals surface area contributed by atoms with Crippen molar-refractivity contribution in [2.45, 2.75) is 38.0 Å². The average Bonchev–Trinajstić information content (AvgIpc) is 3.22. The topological polar surface area (TPSA) is 30.2 Å². The molecule has 0 amide bonds. The molecule has 1 aromatic heterocycles. The molecule has 0 N–H and O–H groups in total. The molecule has 0 saturated heterocycles. The second-order valence-corrected chi connectivity index (χ2v) is 7.36. The molecule has 0 radical (unpaired) electrons. The van der Waals surface area contributed by atoms with Crippen LogP contribution in [-0.2, 0) is 0 Å². The van der Waals surface area contributed by atoms with E-state index in [2.05, 4.69) is 12.1 Å². The van der Waals surface area contributed by atoms with E-state index in [1.807, 2.05) is 18.2 Å². The summed E-state index contributed by atoms with van der Waals surface area (Å²) >= 11 is 0. The Balaban J connectivity index is 1.42. The number of allylic oxidation sites excluding steroid dienone is 1. The van der Waals surface area contributed by atoms with E-state index < -0.39 is 0 Å². The summed E-state index contributed by atoms with van der Waals surface area (Å²) in [5.41, 5.74) is 2.82. The molecular formula is C25H23FO2. The first-order chi connectivity index (χ1) is 13.7. The van der Waals surface area contributed by atoms with Crippen molar-refractivity contribution in [2.24, 2.45) is 0 Å². The Morgan fingerprint density at radius 3 is 2.32 bits per heavy atom. The van der Waals surface area contributed by atoms with Gasteiger partial charge < -0.3 is 4.42 Å². The maximum atomic E-state index is 13.0. The highest BCUT2D eigenvalue weighted by atomic mass is 19.1. The second kappa shape index (κ2) is 8.39. The van der Waals surface area contributed by atoms with Crippen LogP contribution >= 0.6 is 0 Å². The van der Waals surface area contributed by atoms with E-state index in [1.165, 1.54) is 55.9 Å². The summed E-state index contributed by atoms with van der Waals surface area (Å²) in [5.74, 6) is 1.54. The van der Waals surface area contributed by atoms with E-state index in [-0.39, 0.29) is 11.6 Å². The fourth-order valence-corrected chi connectivity index (χ4v) is 3.82. The van der Waals surface area contributed by atoms with Gasteiger partial charge in [-0.1, -0.05) is 43.5 Å². The quantitative estimate of drug-likeness (QED) is 0.354. The van der Waals surface area contributed by atoms with Crippen LogP contribution in [0.15, 0.2) is 71.2 Å². The molecule has 0 bridgehead atoms. The van der Waals surface area contributed by atoms with Crippen LogP contribution in [0.3, 0.4) is 0 Å². The summed E-state index contributed by atoms with van der Waals surface area (Å²) in [7, 11) is 0. The van der Waals surface area contributed by atoms with Crippen molar-refractivity contribution in [1.82, 2.24) is 0 Å². The molecule has 1 saturated carbocycles. The monoisotopic (exact) mass is 374 g/mol. The van der Waals surface area contributed by atoms with Crippen LogP contribution < -0.4 is 0 Å². The lowest BCUT2D eigenvalue weighted by Crippen LogP contribution is -2.04. The first-order valence-electron chi connectivity index (χ1n) is 9.87. The normalized spacial score (nSPS) is 15.2. The third-order valence-electron chi connectivity index (χ3n) is 5.43. The van der Waals surface area contributed by atoms with E-state index >= 15 is 0 Å². The van der Waals surface area contributed by atoms with Crippen molar-refractivity contribution in [3.8, 4) is 11.3 Å². The number of carbonyl (C=O) groups is 1.